The quantitative estimate of drug-likeness (QED) is 0.751. The van der Waals surface area contributed by atoms with Crippen LogP contribution in [0.25, 0.3) is 0 Å². The van der Waals surface area contributed by atoms with Crippen molar-refractivity contribution in [3.8, 4) is 0 Å². The Labute approximate surface area is 97.9 Å². The van der Waals surface area contributed by atoms with Gasteiger partial charge in [0.15, 0.2) is 0 Å². The van der Waals surface area contributed by atoms with E-state index in [1.165, 1.54) is 23.1 Å². The Morgan fingerprint density at radius 3 is 2.69 bits per heavy atom. The second-order valence-corrected chi connectivity index (χ2v) is 4.95. The van der Waals surface area contributed by atoms with E-state index in [0.29, 0.717) is 11.7 Å². The number of rotatable bonds is 4. The van der Waals surface area contributed by atoms with Crippen LogP contribution in [0, 0.1) is 19.8 Å². The van der Waals surface area contributed by atoms with Gasteiger partial charge in [0.2, 0.25) is 0 Å². The maximum atomic E-state index is 11.8. The number of Topliss-reactive ketones (excluding diaryl/α,β-unsaturated/α-hetero) is 1. The van der Waals surface area contributed by atoms with Gasteiger partial charge in [-0.3, -0.25) is 4.79 Å². The maximum Gasteiger partial charge on any atom is 0.136 e. The highest BCUT2D eigenvalue weighted by Crippen LogP contribution is 2.28. The third-order valence-electron chi connectivity index (χ3n) is 3.92. The lowest BCUT2D eigenvalue weighted by molar-refractivity contribution is -0.125. The van der Waals surface area contributed by atoms with E-state index < -0.39 is 0 Å². The molecule has 0 bridgehead atoms. The molecular weight excluding hydrogens is 196 g/mol. The fourth-order valence-electron chi connectivity index (χ4n) is 2.27. The van der Waals surface area contributed by atoms with Crippen molar-refractivity contribution >= 4 is 5.78 Å². The fourth-order valence-corrected chi connectivity index (χ4v) is 2.27. The SMILES string of the molecule is Cc1cccc(CCC(=O)C2CCC2)c1C. The molecule has 1 nitrogen and oxygen atoms in total. The van der Waals surface area contributed by atoms with Crippen LogP contribution in [0.1, 0.15) is 42.4 Å². The van der Waals surface area contributed by atoms with E-state index in [1.807, 2.05) is 0 Å². The normalized spacial score (nSPS) is 15.9. The number of hydrogen-bond acceptors (Lipinski definition) is 1. The van der Waals surface area contributed by atoms with Gasteiger partial charge in [0, 0.05) is 12.3 Å². The van der Waals surface area contributed by atoms with Gasteiger partial charge in [-0.25, -0.2) is 0 Å². The standard InChI is InChI=1S/C15H20O/c1-11-5-3-6-13(12(11)2)9-10-15(16)14-7-4-8-14/h3,5-6,14H,4,7-10H2,1-2H3. The van der Waals surface area contributed by atoms with E-state index in [-0.39, 0.29) is 0 Å². The molecule has 1 saturated carbocycles. The van der Waals surface area contributed by atoms with Gasteiger partial charge in [-0.2, -0.15) is 0 Å². The molecule has 0 heterocycles. The number of carbonyl (C=O) groups excluding carboxylic acids is 1. The first-order valence-corrected chi connectivity index (χ1v) is 6.26. The molecule has 0 atom stereocenters. The first-order chi connectivity index (χ1) is 7.68. The van der Waals surface area contributed by atoms with Crippen LogP contribution in [-0.4, -0.2) is 5.78 Å². The van der Waals surface area contributed by atoms with Crippen molar-refractivity contribution in [1.29, 1.82) is 0 Å². The Morgan fingerprint density at radius 2 is 2.06 bits per heavy atom. The molecule has 1 aliphatic rings. The van der Waals surface area contributed by atoms with Gasteiger partial charge in [0.05, 0.1) is 0 Å². The highest BCUT2D eigenvalue weighted by molar-refractivity contribution is 5.81. The van der Waals surface area contributed by atoms with E-state index in [4.69, 9.17) is 0 Å². The Morgan fingerprint density at radius 1 is 1.31 bits per heavy atom. The summed E-state index contributed by atoms with van der Waals surface area (Å²) in [6, 6.07) is 6.37. The van der Waals surface area contributed by atoms with Crippen molar-refractivity contribution in [2.75, 3.05) is 0 Å². The van der Waals surface area contributed by atoms with Crippen molar-refractivity contribution in [3.05, 3.63) is 34.9 Å². The predicted molar refractivity (Wildman–Crippen MR) is 66.6 cm³/mol. The summed E-state index contributed by atoms with van der Waals surface area (Å²) in [5, 5.41) is 0. The minimum Gasteiger partial charge on any atom is -0.299 e. The van der Waals surface area contributed by atoms with E-state index in [1.54, 1.807) is 0 Å². The highest BCUT2D eigenvalue weighted by atomic mass is 16.1. The van der Waals surface area contributed by atoms with Crippen LogP contribution in [0.5, 0.6) is 0 Å². The third-order valence-corrected chi connectivity index (χ3v) is 3.92. The maximum absolute atomic E-state index is 11.8. The number of carbonyl (C=O) groups is 1. The average molecular weight is 216 g/mol. The molecule has 1 aromatic rings. The molecule has 0 aromatic heterocycles. The molecule has 2 rings (SSSR count). The Balaban J connectivity index is 1.93. The molecule has 0 unspecified atom stereocenters. The van der Waals surface area contributed by atoms with E-state index in [0.717, 1.165) is 25.7 Å². The zero-order chi connectivity index (χ0) is 11.5. The van der Waals surface area contributed by atoms with Crippen LogP contribution in [0.3, 0.4) is 0 Å². The molecule has 1 fully saturated rings. The lowest BCUT2D eigenvalue weighted by Crippen LogP contribution is -2.22. The molecule has 0 saturated heterocycles. The molecule has 1 heteroatoms. The summed E-state index contributed by atoms with van der Waals surface area (Å²) in [5.74, 6) is 0.872. The molecule has 0 spiro atoms. The molecule has 0 aliphatic heterocycles. The molecule has 0 radical (unpaired) electrons. The summed E-state index contributed by atoms with van der Waals surface area (Å²) in [4.78, 5) is 11.8. The fraction of sp³-hybridized carbons (Fsp3) is 0.533. The van der Waals surface area contributed by atoms with Crippen LogP contribution in [0.4, 0.5) is 0 Å². The molecular formula is C15H20O. The molecule has 0 amide bonds. The number of aryl methyl sites for hydroxylation is 2. The van der Waals surface area contributed by atoms with E-state index in [2.05, 4.69) is 32.0 Å². The topological polar surface area (TPSA) is 17.1 Å². The minimum atomic E-state index is 0.394. The summed E-state index contributed by atoms with van der Waals surface area (Å²) < 4.78 is 0. The molecule has 16 heavy (non-hydrogen) atoms. The number of ketones is 1. The van der Waals surface area contributed by atoms with Crippen molar-refractivity contribution in [2.24, 2.45) is 5.92 Å². The van der Waals surface area contributed by atoms with Gasteiger partial charge < -0.3 is 0 Å². The summed E-state index contributed by atoms with van der Waals surface area (Å²) in [5.41, 5.74) is 4.02. The molecule has 0 N–H and O–H groups in total. The third kappa shape index (κ3) is 2.34. The Bertz CT molecular complexity index is 388. The van der Waals surface area contributed by atoms with Crippen LogP contribution in [0.2, 0.25) is 0 Å². The second kappa shape index (κ2) is 4.82. The largest absolute Gasteiger partial charge is 0.299 e. The van der Waals surface area contributed by atoms with Crippen molar-refractivity contribution in [2.45, 2.75) is 46.0 Å². The summed E-state index contributed by atoms with van der Waals surface area (Å²) >= 11 is 0. The first-order valence-electron chi connectivity index (χ1n) is 6.26. The smallest absolute Gasteiger partial charge is 0.136 e. The summed E-state index contributed by atoms with van der Waals surface area (Å²) in [6.07, 6.45) is 5.16. The summed E-state index contributed by atoms with van der Waals surface area (Å²) in [6.45, 7) is 4.28. The van der Waals surface area contributed by atoms with Gasteiger partial charge >= 0.3 is 0 Å². The van der Waals surface area contributed by atoms with Crippen LogP contribution in [-0.2, 0) is 11.2 Å². The number of hydrogen-bond donors (Lipinski definition) is 0. The monoisotopic (exact) mass is 216 g/mol. The van der Waals surface area contributed by atoms with Crippen LogP contribution >= 0.6 is 0 Å². The van der Waals surface area contributed by atoms with Gasteiger partial charge in [-0.15, -0.1) is 0 Å². The van der Waals surface area contributed by atoms with Crippen LogP contribution in [0.15, 0.2) is 18.2 Å². The molecule has 1 aromatic carbocycles. The predicted octanol–water partition coefficient (Wildman–Crippen LogP) is 3.61. The van der Waals surface area contributed by atoms with Crippen molar-refractivity contribution < 1.29 is 4.79 Å². The van der Waals surface area contributed by atoms with Gasteiger partial charge in [-0.1, -0.05) is 24.6 Å². The zero-order valence-corrected chi connectivity index (χ0v) is 10.3. The molecule has 86 valence electrons. The van der Waals surface area contributed by atoms with Gasteiger partial charge in [0.25, 0.3) is 0 Å². The van der Waals surface area contributed by atoms with Crippen molar-refractivity contribution in [1.82, 2.24) is 0 Å². The average Bonchev–Trinajstić information content (AvgIpc) is 2.18. The lowest BCUT2D eigenvalue weighted by Gasteiger charge is -2.23. The van der Waals surface area contributed by atoms with Crippen molar-refractivity contribution in [3.63, 3.8) is 0 Å². The Kier molecular flexibility index (Phi) is 3.42. The summed E-state index contributed by atoms with van der Waals surface area (Å²) in [7, 11) is 0. The minimum absolute atomic E-state index is 0.394. The van der Waals surface area contributed by atoms with E-state index in [9.17, 15) is 4.79 Å². The Hall–Kier alpha value is -1.11. The number of benzene rings is 1. The van der Waals surface area contributed by atoms with Gasteiger partial charge in [0.1, 0.15) is 5.78 Å². The lowest BCUT2D eigenvalue weighted by atomic mass is 9.80. The second-order valence-electron chi connectivity index (χ2n) is 4.95. The highest BCUT2D eigenvalue weighted by Gasteiger charge is 2.24. The zero-order valence-electron chi connectivity index (χ0n) is 10.3. The van der Waals surface area contributed by atoms with Crippen LogP contribution < -0.4 is 0 Å². The first kappa shape index (κ1) is 11.4. The van der Waals surface area contributed by atoms with Gasteiger partial charge in [-0.05, 0) is 49.8 Å². The molecule has 1 aliphatic carbocycles. The van der Waals surface area contributed by atoms with E-state index >= 15 is 0 Å².